The lowest BCUT2D eigenvalue weighted by Gasteiger charge is -2.24. The smallest absolute Gasteiger partial charge is 0.127 e. The van der Waals surface area contributed by atoms with Crippen LogP contribution in [0.5, 0.6) is 11.5 Å². The predicted octanol–water partition coefficient (Wildman–Crippen LogP) is 3.86. The molecule has 3 nitrogen and oxygen atoms in total. The molecule has 1 fully saturated rings. The van der Waals surface area contributed by atoms with Gasteiger partial charge in [-0.2, -0.15) is 0 Å². The summed E-state index contributed by atoms with van der Waals surface area (Å²) in [7, 11) is 3.33. The minimum absolute atomic E-state index is 0.0473. The molecule has 0 spiro atoms. The van der Waals surface area contributed by atoms with E-state index in [-0.39, 0.29) is 5.38 Å². The lowest BCUT2D eigenvalue weighted by molar-refractivity contribution is 0.283. The highest BCUT2D eigenvalue weighted by molar-refractivity contribution is 6.21. The Morgan fingerprint density at radius 2 is 1.80 bits per heavy atom. The molecule has 1 aliphatic rings. The van der Waals surface area contributed by atoms with Crippen molar-refractivity contribution in [3.05, 3.63) is 23.8 Å². The van der Waals surface area contributed by atoms with Gasteiger partial charge in [0.2, 0.25) is 0 Å². The quantitative estimate of drug-likeness (QED) is 0.770. The summed E-state index contributed by atoms with van der Waals surface area (Å²) in [6, 6.07) is 5.84. The van der Waals surface area contributed by atoms with Gasteiger partial charge in [0.05, 0.1) is 19.6 Å². The normalized spacial score (nSPS) is 18.4. The molecular weight excluding hydrogens is 274 g/mol. The number of ether oxygens (including phenoxy) is 2. The number of likely N-dealkylation sites (tertiary alicyclic amines) is 1. The number of halogens is 1. The Bertz CT molecular complexity index is 417. The molecule has 0 aromatic heterocycles. The van der Waals surface area contributed by atoms with Crippen LogP contribution in [-0.2, 0) is 0 Å². The molecule has 0 saturated carbocycles. The number of methoxy groups -OCH3 is 2. The maximum atomic E-state index is 6.61. The Morgan fingerprint density at radius 1 is 1.10 bits per heavy atom. The highest BCUT2D eigenvalue weighted by atomic mass is 35.5. The summed E-state index contributed by atoms with van der Waals surface area (Å²) in [6.45, 7) is 3.19. The number of benzene rings is 1. The fraction of sp³-hybridized carbons (Fsp3) is 0.625. The van der Waals surface area contributed by atoms with Crippen molar-refractivity contribution in [2.45, 2.75) is 31.1 Å². The van der Waals surface area contributed by atoms with Gasteiger partial charge in [0.25, 0.3) is 0 Å². The Morgan fingerprint density at radius 3 is 2.40 bits per heavy atom. The molecule has 112 valence electrons. The van der Waals surface area contributed by atoms with Gasteiger partial charge >= 0.3 is 0 Å². The van der Waals surface area contributed by atoms with Crippen molar-refractivity contribution in [1.82, 2.24) is 4.90 Å². The first kappa shape index (κ1) is 15.5. The van der Waals surface area contributed by atoms with Gasteiger partial charge in [-0.1, -0.05) is 18.9 Å². The number of rotatable bonds is 5. The molecule has 1 saturated heterocycles. The average Bonchev–Trinajstić information content (AvgIpc) is 2.75. The highest BCUT2D eigenvalue weighted by Gasteiger charge is 2.18. The second-order valence-electron chi connectivity index (χ2n) is 5.29. The van der Waals surface area contributed by atoms with Crippen molar-refractivity contribution in [2.75, 3.05) is 33.9 Å². The van der Waals surface area contributed by atoms with E-state index in [9.17, 15) is 0 Å². The topological polar surface area (TPSA) is 21.7 Å². The van der Waals surface area contributed by atoms with Crippen molar-refractivity contribution in [2.24, 2.45) is 0 Å². The Labute approximate surface area is 126 Å². The van der Waals surface area contributed by atoms with Gasteiger partial charge in [-0.3, -0.25) is 0 Å². The number of nitrogens with zero attached hydrogens (tertiary/aromatic N) is 1. The summed E-state index contributed by atoms with van der Waals surface area (Å²) >= 11 is 6.61. The average molecular weight is 298 g/mol. The van der Waals surface area contributed by atoms with Crippen LogP contribution >= 0.6 is 11.6 Å². The molecule has 0 bridgehead atoms. The monoisotopic (exact) mass is 297 g/mol. The van der Waals surface area contributed by atoms with Gasteiger partial charge in [0, 0.05) is 18.2 Å². The molecule has 1 aromatic rings. The third-order valence-corrected chi connectivity index (χ3v) is 4.27. The van der Waals surface area contributed by atoms with Crippen molar-refractivity contribution >= 4 is 11.6 Å². The predicted molar refractivity (Wildman–Crippen MR) is 83.0 cm³/mol. The maximum absolute atomic E-state index is 6.61. The zero-order chi connectivity index (χ0) is 14.4. The molecule has 1 atom stereocenters. The summed E-state index contributed by atoms with van der Waals surface area (Å²) in [6.07, 6.45) is 5.25. The molecule has 0 radical (unpaired) electrons. The molecule has 1 aromatic carbocycles. The third-order valence-electron chi connectivity index (χ3n) is 3.90. The van der Waals surface area contributed by atoms with Crippen molar-refractivity contribution in [1.29, 1.82) is 0 Å². The summed E-state index contributed by atoms with van der Waals surface area (Å²) in [4.78, 5) is 2.47. The second kappa shape index (κ2) is 7.75. The molecule has 0 amide bonds. The first-order valence-electron chi connectivity index (χ1n) is 7.33. The van der Waals surface area contributed by atoms with E-state index in [2.05, 4.69) is 4.90 Å². The largest absolute Gasteiger partial charge is 0.497 e. The van der Waals surface area contributed by atoms with Crippen molar-refractivity contribution in [3.8, 4) is 11.5 Å². The third kappa shape index (κ3) is 4.03. The van der Waals surface area contributed by atoms with E-state index < -0.39 is 0 Å². The zero-order valence-electron chi connectivity index (χ0n) is 12.4. The molecule has 0 aliphatic carbocycles. The molecule has 20 heavy (non-hydrogen) atoms. The number of hydrogen-bond donors (Lipinski definition) is 0. The Hall–Kier alpha value is -0.930. The van der Waals surface area contributed by atoms with Gasteiger partial charge in [-0.25, -0.2) is 0 Å². The van der Waals surface area contributed by atoms with Crippen LogP contribution in [0, 0.1) is 0 Å². The van der Waals surface area contributed by atoms with Crippen LogP contribution in [0.4, 0.5) is 0 Å². The fourth-order valence-corrected chi connectivity index (χ4v) is 3.10. The zero-order valence-corrected chi connectivity index (χ0v) is 13.2. The van der Waals surface area contributed by atoms with Crippen LogP contribution in [0.3, 0.4) is 0 Å². The first-order chi connectivity index (χ1) is 9.74. The van der Waals surface area contributed by atoms with Crippen LogP contribution in [0.1, 0.15) is 36.6 Å². The van der Waals surface area contributed by atoms with E-state index >= 15 is 0 Å². The highest BCUT2D eigenvalue weighted by Crippen LogP contribution is 2.33. The standard InChI is InChI=1S/C16H24ClNO2/c1-19-13-7-8-14(16(11-13)20-2)15(17)12-18-9-5-3-4-6-10-18/h7-8,11,15H,3-6,9-10,12H2,1-2H3. The molecule has 1 heterocycles. The molecule has 2 rings (SSSR count). The van der Waals surface area contributed by atoms with E-state index in [0.717, 1.165) is 36.7 Å². The molecule has 1 unspecified atom stereocenters. The van der Waals surface area contributed by atoms with Crippen LogP contribution in [0.15, 0.2) is 18.2 Å². The van der Waals surface area contributed by atoms with Crippen molar-refractivity contribution < 1.29 is 9.47 Å². The first-order valence-corrected chi connectivity index (χ1v) is 7.76. The maximum Gasteiger partial charge on any atom is 0.127 e. The van der Waals surface area contributed by atoms with Gasteiger partial charge in [-0.05, 0) is 32.0 Å². The fourth-order valence-electron chi connectivity index (χ4n) is 2.72. The van der Waals surface area contributed by atoms with Crippen LogP contribution in [0.2, 0.25) is 0 Å². The van der Waals surface area contributed by atoms with Gasteiger partial charge in [0.1, 0.15) is 11.5 Å². The van der Waals surface area contributed by atoms with E-state index in [1.165, 1.54) is 25.7 Å². The van der Waals surface area contributed by atoms with Crippen molar-refractivity contribution in [3.63, 3.8) is 0 Å². The molecular formula is C16H24ClNO2. The van der Waals surface area contributed by atoms with Crippen LogP contribution in [0.25, 0.3) is 0 Å². The Kier molecular flexibility index (Phi) is 5.99. The van der Waals surface area contributed by atoms with E-state index in [1.54, 1.807) is 14.2 Å². The molecule has 1 aliphatic heterocycles. The Balaban J connectivity index is 2.05. The summed E-state index contributed by atoms with van der Waals surface area (Å²) in [5.74, 6) is 1.60. The van der Waals surface area contributed by atoms with E-state index in [4.69, 9.17) is 21.1 Å². The molecule has 4 heteroatoms. The second-order valence-corrected chi connectivity index (χ2v) is 5.82. The van der Waals surface area contributed by atoms with Crippen LogP contribution < -0.4 is 9.47 Å². The van der Waals surface area contributed by atoms with E-state index in [1.807, 2.05) is 18.2 Å². The van der Waals surface area contributed by atoms with Crippen LogP contribution in [-0.4, -0.2) is 38.8 Å². The SMILES string of the molecule is COc1ccc(C(Cl)CN2CCCCCC2)c(OC)c1. The lowest BCUT2D eigenvalue weighted by atomic mass is 10.1. The lowest BCUT2D eigenvalue weighted by Crippen LogP contribution is -2.28. The number of hydrogen-bond acceptors (Lipinski definition) is 3. The summed E-state index contributed by atoms with van der Waals surface area (Å²) in [5, 5.41) is -0.0473. The van der Waals surface area contributed by atoms with Gasteiger partial charge in [-0.15, -0.1) is 11.6 Å². The minimum atomic E-state index is -0.0473. The van der Waals surface area contributed by atoms with Gasteiger partial charge in [0.15, 0.2) is 0 Å². The minimum Gasteiger partial charge on any atom is -0.497 e. The van der Waals surface area contributed by atoms with E-state index in [0.29, 0.717) is 0 Å². The summed E-state index contributed by atoms with van der Waals surface area (Å²) in [5.41, 5.74) is 1.04. The molecule has 0 N–H and O–H groups in total. The van der Waals surface area contributed by atoms with Gasteiger partial charge < -0.3 is 14.4 Å². The number of alkyl halides is 1. The summed E-state index contributed by atoms with van der Waals surface area (Å²) < 4.78 is 10.7.